The van der Waals surface area contributed by atoms with E-state index in [2.05, 4.69) is 5.32 Å². The van der Waals surface area contributed by atoms with Crippen molar-refractivity contribution in [3.05, 3.63) is 95.1 Å². The Labute approximate surface area is 171 Å². The summed E-state index contributed by atoms with van der Waals surface area (Å²) in [7, 11) is 0. The number of amides is 2. The topological polar surface area (TPSA) is 69.6 Å². The fraction of sp³-hybridized carbons (Fsp3) is 0.130. The van der Waals surface area contributed by atoms with Crippen LogP contribution in [0.1, 0.15) is 16.7 Å². The highest BCUT2D eigenvalue weighted by atomic mass is 19.1. The second kappa shape index (κ2) is 7.35. The number of hydrogen-bond donors (Lipinski definition) is 2. The number of benzene rings is 3. The van der Waals surface area contributed by atoms with E-state index < -0.39 is 35.6 Å². The molecule has 0 spiro atoms. The summed E-state index contributed by atoms with van der Waals surface area (Å²) in [5.41, 5.74) is -0.0298. The van der Waals surface area contributed by atoms with Crippen LogP contribution in [0.5, 0.6) is 0 Å². The van der Waals surface area contributed by atoms with Crippen LogP contribution in [0.2, 0.25) is 0 Å². The average molecular weight is 408 g/mol. The van der Waals surface area contributed by atoms with Crippen molar-refractivity contribution in [1.82, 2.24) is 0 Å². The highest BCUT2D eigenvalue weighted by molar-refractivity contribution is 6.12. The third kappa shape index (κ3) is 3.23. The summed E-state index contributed by atoms with van der Waals surface area (Å²) in [5.74, 6) is -3.05. The lowest BCUT2D eigenvalue weighted by atomic mass is 9.87. The van der Waals surface area contributed by atoms with Crippen molar-refractivity contribution in [2.45, 2.75) is 12.5 Å². The van der Waals surface area contributed by atoms with Gasteiger partial charge in [-0.2, -0.15) is 0 Å². The zero-order valence-corrected chi connectivity index (χ0v) is 16.0. The minimum absolute atomic E-state index is 0.199. The summed E-state index contributed by atoms with van der Waals surface area (Å²) in [6.45, 7) is 1.45. The molecule has 5 nitrogen and oxygen atoms in total. The van der Waals surface area contributed by atoms with E-state index in [9.17, 15) is 23.5 Å². The van der Waals surface area contributed by atoms with Crippen molar-refractivity contribution in [3.8, 4) is 0 Å². The zero-order valence-electron chi connectivity index (χ0n) is 16.0. The van der Waals surface area contributed by atoms with Crippen LogP contribution in [-0.2, 0) is 15.2 Å². The Morgan fingerprint density at radius 1 is 1.07 bits per heavy atom. The number of carbonyl (C=O) groups is 2. The van der Waals surface area contributed by atoms with Gasteiger partial charge in [0.15, 0.2) is 5.60 Å². The smallest absolute Gasteiger partial charge is 0.268 e. The van der Waals surface area contributed by atoms with Gasteiger partial charge in [-0.1, -0.05) is 48.0 Å². The molecule has 2 amide bonds. The molecule has 1 unspecified atom stereocenters. The van der Waals surface area contributed by atoms with E-state index in [-0.39, 0.29) is 5.69 Å². The van der Waals surface area contributed by atoms with Gasteiger partial charge in [0.1, 0.15) is 18.2 Å². The van der Waals surface area contributed by atoms with E-state index in [1.54, 1.807) is 48.5 Å². The molecule has 3 aromatic rings. The molecule has 0 aromatic heterocycles. The van der Waals surface area contributed by atoms with Crippen LogP contribution in [0.15, 0.2) is 66.7 Å². The molecule has 7 heteroatoms. The van der Waals surface area contributed by atoms with Crippen molar-refractivity contribution in [2.24, 2.45) is 0 Å². The molecule has 0 saturated heterocycles. The van der Waals surface area contributed by atoms with Gasteiger partial charge in [-0.05, 0) is 30.7 Å². The molecule has 1 heterocycles. The molecule has 152 valence electrons. The van der Waals surface area contributed by atoms with Crippen LogP contribution >= 0.6 is 0 Å². The molecule has 0 fully saturated rings. The largest absolute Gasteiger partial charge is 0.372 e. The van der Waals surface area contributed by atoms with E-state index >= 15 is 0 Å². The first-order valence-electron chi connectivity index (χ1n) is 9.26. The van der Waals surface area contributed by atoms with E-state index in [0.29, 0.717) is 22.9 Å². The van der Waals surface area contributed by atoms with Gasteiger partial charge in [-0.25, -0.2) is 8.78 Å². The van der Waals surface area contributed by atoms with Crippen molar-refractivity contribution in [2.75, 3.05) is 16.8 Å². The summed E-state index contributed by atoms with van der Waals surface area (Å²) >= 11 is 0. The first kappa shape index (κ1) is 19.7. The SMILES string of the molecule is Cc1ccc(C2(O)C(=O)N(CC(=O)Nc3ccc(F)cc3F)c3ccccc32)cc1. The average Bonchev–Trinajstić information content (AvgIpc) is 2.93. The van der Waals surface area contributed by atoms with Crippen LogP contribution in [-0.4, -0.2) is 23.5 Å². The number of para-hydroxylation sites is 1. The number of carbonyl (C=O) groups excluding carboxylic acids is 2. The van der Waals surface area contributed by atoms with Crippen LogP contribution in [0, 0.1) is 18.6 Å². The Bertz CT molecular complexity index is 1150. The highest BCUT2D eigenvalue weighted by Crippen LogP contribution is 2.44. The number of halogens is 2. The molecule has 0 saturated carbocycles. The van der Waals surface area contributed by atoms with Crippen molar-refractivity contribution >= 4 is 23.2 Å². The van der Waals surface area contributed by atoms with Crippen LogP contribution < -0.4 is 10.2 Å². The third-order valence-electron chi connectivity index (χ3n) is 5.12. The van der Waals surface area contributed by atoms with E-state index in [4.69, 9.17) is 0 Å². The van der Waals surface area contributed by atoms with Gasteiger partial charge >= 0.3 is 0 Å². The van der Waals surface area contributed by atoms with Gasteiger partial charge in [0, 0.05) is 11.6 Å². The summed E-state index contributed by atoms with van der Waals surface area (Å²) < 4.78 is 26.9. The Morgan fingerprint density at radius 3 is 2.47 bits per heavy atom. The number of aryl methyl sites for hydroxylation is 1. The fourth-order valence-corrected chi connectivity index (χ4v) is 3.59. The number of rotatable bonds is 4. The van der Waals surface area contributed by atoms with Gasteiger partial charge < -0.3 is 10.4 Å². The standard InChI is InChI=1S/C23H18F2N2O3/c1-14-6-8-15(9-7-14)23(30)17-4-2-3-5-20(17)27(22(23)29)13-21(28)26-19-11-10-16(24)12-18(19)25/h2-12,30H,13H2,1H3,(H,26,28). The number of fused-ring (bicyclic) bond motifs is 1. The zero-order chi connectivity index (χ0) is 21.5. The lowest BCUT2D eigenvalue weighted by Gasteiger charge is -2.23. The quantitative estimate of drug-likeness (QED) is 0.694. The number of hydrogen-bond acceptors (Lipinski definition) is 3. The van der Waals surface area contributed by atoms with Crippen molar-refractivity contribution in [3.63, 3.8) is 0 Å². The summed E-state index contributed by atoms with van der Waals surface area (Å²) in [4.78, 5) is 26.9. The Morgan fingerprint density at radius 2 is 1.77 bits per heavy atom. The van der Waals surface area contributed by atoms with Crippen molar-refractivity contribution in [1.29, 1.82) is 0 Å². The van der Waals surface area contributed by atoms with E-state index in [1.807, 2.05) is 6.92 Å². The number of anilines is 2. The molecular formula is C23H18F2N2O3. The minimum atomic E-state index is -1.94. The van der Waals surface area contributed by atoms with Gasteiger partial charge in [0.05, 0.1) is 11.4 Å². The molecule has 1 atom stereocenters. The van der Waals surface area contributed by atoms with E-state index in [0.717, 1.165) is 22.6 Å². The normalized spacial score (nSPS) is 17.7. The molecule has 30 heavy (non-hydrogen) atoms. The minimum Gasteiger partial charge on any atom is -0.372 e. The lowest BCUT2D eigenvalue weighted by Crippen LogP contribution is -2.44. The monoisotopic (exact) mass is 408 g/mol. The predicted octanol–water partition coefficient (Wildman–Crippen LogP) is 3.49. The molecule has 2 N–H and O–H groups in total. The Kier molecular flexibility index (Phi) is 4.83. The summed E-state index contributed by atoms with van der Waals surface area (Å²) in [5, 5.41) is 13.7. The maximum absolute atomic E-state index is 13.8. The molecular weight excluding hydrogens is 390 g/mol. The van der Waals surface area contributed by atoms with Crippen LogP contribution in [0.25, 0.3) is 0 Å². The molecule has 0 bridgehead atoms. The van der Waals surface area contributed by atoms with Crippen molar-refractivity contribution < 1.29 is 23.5 Å². The van der Waals surface area contributed by atoms with E-state index in [1.165, 1.54) is 0 Å². The Balaban J connectivity index is 1.65. The summed E-state index contributed by atoms with van der Waals surface area (Å²) in [6.07, 6.45) is 0. The molecule has 4 rings (SSSR count). The Hall–Kier alpha value is -3.58. The number of nitrogens with zero attached hydrogens (tertiary/aromatic N) is 1. The van der Waals surface area contributed by atoms with Gasteiger partial charge in [0.2, 0.25) is 5.91 Å². The van der Waals surface area contributed by atoms with Crippen LogP contribution in [0.4, 0.5) is 20.2 Å². The predicted molar refractivity (Wildman–Crippen MR) is 108 cm³/mol. The maximum Gasteiger partial charge on any atom is 0.268 e. The lowest BCUT2D eigenvalue weighted by molar-refractivity contribution is -0.133. The first-order valence-corrected chi connectivity index (χ1v) is 9.26. The molecule has 0 radical (unpaired) electrons. The van der Waals surface area contributed by atoms with Gasteiger partial charge in [-0.3, -0.25) is 14.5 Å². The molecule has 0 aliphatic carbocycles. The van der Waals surface area contributed by atoms with Crippen LogP contribution in [0.3, 0.4) is 0 Å². The van der Waals surface area contributed by atoms with Gasteiger partial charge in [-0.15, -0.1) is 0 Å². The molecule has 3 aromatic carbocycles. The first-order chi connectivity index (χ1) is 14.3. The van der Waals surface area contributed by atoms with Gasteiger partial charge in [0.25, 0.3) is 5.91 Å². The highest BCUT2D eigenvalue weighted by Gasteiger charge is 2.51. The number of aliphatic hydroxyl groups is 1. The number of nitrogens with one attached hydrogen (secondary N) is 1. The maximum atomic E-state index is 13.8. The summed E-state index contributed by atoms with van der Waals surface area (Å²) in [6, 6.07) is 16.3. The molecule has 1 aliphatic rings. The fourth-order valence-electron chi connectivity index (χ4n) is 3.59. The third-order valence-corrected chi connectivity index (χ3v) is 5.12. The second-order valence-electron chi connectivity index (χ2n) is 7.16. The second-order valence-corrected chi connectivity index (χ2v) is 7.16. The molecule has 1 aliphatic heterocycles.